The molecule has 0 spiro atoms. The third-order valence-electron chi connectivity index (χ3n) is 5.72. The summed E-state index contributed by atoms with van der Waals surface area (Å²) >= 11 is 0. The first-order chi connectivity index (χ1) is 13.9. The van der Waals surface area contributed by atoms with Crippen LogP contribution in [0.15, 0.2) is 48.8 Å². The highest BCUT2D eigenvalue weighted by Crippen LogP contribution is 2.59. The van der Waals surface area contributed by atoms with Gasteiger partial charge in [-0.15, -0.1) is 0 Å². The standard InChI is InChI=1S/C21H28N3O4P/c22-10-4-3-9-21(20(25)26)16-24(13-14-29(21,27)28)15-18-5-1-2-6-19(18)17-7-11-23-12-8-17/h1-2,5-8,11-12H,3-4,9-10,13-16,22H2,(H,25,26)(H,27,28)/t21-/m0/s1. The molecule has 156 valence electrons. The molecule has 1 aromatic heterocycles. The zero-order valence-electron chi connectivity index (χ0n) is 16.4. The molecular formula is C21H28N3O4P. The molecule has 29 heavy (non-hydrogen) atoms. The van der Waals surface area contributed by atoms with Crippen LogP contribution in [0.1, 0.15) is 24.8 Å². The molecule has 8 heteroatoms. The van der Waals surface area contributed by atoms with Crippen LogP contribution in [-0.2, 0) is 15.9 Å². The van der Waals surface area contributed by atoms with Crippen LogP contribution in [0.2, 0.25) is 0 Å². The van der Waals surface area contributed by atoms with Crippen molar-refractivity contribution in [3.8, 4) is 11.1 Å². The van der Waals surface area contributed by atoms with Gasteiger partial charge in [0.15, 0.2) is 5.16 Å². The largest absolute Gasteiger partial charge is 0.480 e. The van der Waals surface area contributed by atoms with Gasteiger partial charge in [-0.3, -0.25) is 19.2 Å². The minimum absolute atomic E-state index is 0.0145. The molecular weight excluding hydrogens is 389 g/mol. The fraction of sp³-hybridized carbons (Fsp3) is 0.429. The molecule has 0 saturated carbocycles. The van der Waals surface area contributed by atoms with E-state index < -0.39 is 18.5 Å². The van der Waals surface area contributed by atoms with Crippen molar-refractivity contribution in [3.63, 3.8) is 0 Å². The van der Waals surface area contributed by atoms with Gasteiger partial charge in [0.1, 0.15) is 0 Å². The monoisotopic (exact) mass is 417 g/mol. The van der Waals surface area contributed by atoms with E-state index in [-0.39, 0.29) is 19.1 Å². The molecule has 4 N–H and O–H groups in total. The maximum atomic E-state index is 12.9. The third-order valence-corrected chi connectivity index (χ3v) is 8.42. The molecule has 2 aromatic rings. The van der Waals surface area contributed by atoms with Crippen molar-refractivity contribution in [2.75, 3.05) is 25.8 Å². The molecule has 1 aliphatic heterocycles. The Bertz CT molecular complexity index is 893. The number of aliphatic carboxylic acids is 1. The van der Waals surface area contributed by atoms with Crippen LogP contribution in [0.4, 0.5) is 0 Å². The lowest BCUT2D eigenvalue weighted by Crippen LogP contribution is -2.53. The Kier molecular flexibility index (Phi) is 6.85. The highest BCUT2D eigenvalue weighted by Gasteiger charge is 2.56. The molecule has 0 aliphatic carbocycles. The molecule has 2 atom stereocenters. The number of rotatable bonds is 8. The van der Waals surface area contributed by atoms with Crippen LogP contribution in [0, 0.1) is 0 Å². The maximum absolute atomic E-state index is 12.9. The van der Waals surface area contributed by atoms with Gasteiger partial charge in [-0.05, 0) is 48.2 Å². The maximum Gasteiger partial charge on any atom is 0.320 e. The van der Waals surface area contributed by atoms with E-state index in [2.05, 4.69) is 4.98 Å². The van der Waals surface area contributed by atoms with Gasteiger partial charge in [0.2, 0.25) is 7.37 Å². The predicted octanol–water partition coefficient (Wildman–Crippen LogP) is 2.79. The van der Waals surface area contributed by atoms with Crippen molar-refractivity contribution in [2.45, 2.75) is 31.0 Å². The number of aromatic nitrogens is 1. The number of carboxylic acids is 1. The highest BCUT2D eigenvalue weighted by atomic mass is 31.2. The van der Waals surface area contributed by atoms with Crippen molar-refractivity contribution in [1.29, 1.82) is 0 Å². The lowest BCUT2D eigenvalue weighted by atomic mass is 9.97. The Hall–Kier alpha value is -2.05. The summed E-state index contributed by atoms with van der Waals surface area (Å²) < 4.78 is 12.9. The van der Waals surface area contributed by atoms with E-state index in [1.807, 2.05) is 41.3 Å². The van der Waals surface area contributed by atoms with Crippen LogP contribution in [0.25, 0.3) is 11.1 Å². The van der Waals surface area contributed by atoms with Gasteiger partial charge in [0.05, 0.1) is 0 Å². The number of nitrogens with zero attached hydrogens (tertiary/aromatic N) is 2. The van der Waals surface area contributed by atoms with Crippen LogP contribution in [-0.4, -0.2) is 56.8 Å². The highest BCUT2D eigenvalue weighted by molar-refractivity contribution is 7.61. The zero-order chi connectivity index (χ0) is 20.9. The molecule has 3 rings (SSSR count). The van der Waals surface area contributed by atoms with Crippen LogP contribution in [0.5, 0.6) is 0 Å². The molecule has 0 radical (unpaired) electrons. The number of carboxylic acid groups (broad SMARTS) is 1. The predicted molar refractivity (Wildman–Crippen MR) is 113 cm³/mol. The number of carbonyl (C=O) groups is 1. The summed E-state index contributed by atoms with van der Waals surface area (Å²) in [4.78, 5) is 28.8. The second-order valence-electron chi connectivity index (χ2n) is 7.61. The molecule has 0 bridgehead atoms. The normalized spacial score (nSPS) is 25.0. The second-order valence-corrected chi connectivity index (χ2v) is 10.3. The van der Waals surface area contributed by atoms with Gasteiger partial charge in [0, 0.05) is 38.2 Å². The fourth-order valence-corrected chi connectivity index (χ4v) is 6.25. The van der Waals surface area contributed by atoms with Crippen molar-refractivity contribution in [2.24, 2.45) is 5.73 Å². The summed E-state index contributed by atoms with van der Waals surface area (Å²) in [5.41, 5.74) is 8.68. The van der Waals surface area contributed by atoms with Crippen molar-refractivity contribution >= 4 is 13.3 Å². The van der Waals surface area contributed by atoms with Gasteiger partial charge in [0.25, 0.3) is 0 Å². The van der Waals surface area contributed by atoms with E-state index >= 15 is 0 Å². The summed E-state index contributed by atoms with van der Waals surface area (Å²) in [6.45, 7) is 1.41. The summed E-state index contributed by atoms with van der Waals surface area (Å²) in [5.74, 6) is -1.19. The van der Waals surface area contributed by atoms with E-state index in [0.717, 1.165) is 16.7 Å². The quantitative estimate of drug-likeness (QED) is 0.447. The SMILES string of the molecule is NCCCC[C@@]1(C(=O)O)CN(Cc2ccccc2-c2ccncc2)CCP1(=O)O. The molecule has 0 amide bonds. The Balaban J connectivity index is 1.86. The average Bonchev–Trinajstić information content (AvgIpc) is 2.71. The second kappa shape index (κ2) is 9.18. The average molecular weight is 417 g/mol. The molecule has 1 saturated heterocycles. The number of nitrogens with two attached hydrogens (primary N) is 1. The van der Waals surface area contributed by atoms with E-state index in [0.29, 0.717) is 32.5 Å². The topological polar surface area (TPSA) is 117 Å². The molecule has 7 nitrogen and oxygen atoms in total. The first kappa shape index (κ1) is 21.7. The molecule has 1 aromatic carbocycles. The van der Waals surface area contributed by atoms with Crippen molar-refractivity contribution < 1.29 is 19.4 Å². The van der Waals surface area contributed by atoms with Gasteiger partial charge in [-0.25, -0.2) is 0 Å². The Labute approximate surface area is 171 Å². The van der Waals surface area contributed by atoms with Crippen LogP contribution in [0.3, 0.4) is 0 Å². The van der Waals surface area contributed by atoms with Gasteiger partial charge in [-0.1, -0.05) is 30.7 Å². The van der Waals surface area contributed by atoms with Gasteiger partial charge >= 0.3 is 5.97 Å². The van der Waals surface area contributed by atoms with E-state index in [4.69, 9.17) is 5.73 Å². The first-order valence-corrected chi connectivity index (χ1v) is 11.7. The van der Waals surface area contributed by atoms with Crippen molar-refractivity contribution in [1.82, 2.24) is 9.88 Å². The summed E-state index contributed by atoms with van der Waals surface area (Å²) in [6, 6.07) is 11.8. The van der Waals surface area contributed by atoms with Crippen molar-refractivity contribution in [3.05, 3.63) is 54.4 Å². The summed E-state index contributed by atoms with van der Waals surface area (Å²) in [5, 5.41) is 8.31. The molecule has 1 aliphatic rings. The van der Waals surface area contributed by atoms with Crippen LogP contribution < -0.4 is 5.73 Å². The number of hydrogen-bond acceptors (Lipinski definition) is 5. The van der Waals surface area contributed by atoms with Crippen LogP contribution >= 0.6 is 7.37 Å². The number of hydrogen-bond donors (Lipinski definition) is 3. The minimum atomic E-state index is -3.83. The Morgan fingerprint density at radius 3 is 2.62 bits per heavy atom. The van der Waals surface area contributed by atoms with Gasteiger partial charge in [-0.2, -0.15) is 0 Å². The third kappa shape index (κ3) is 4.59. The van der Waals surface area contributed by atoms with E-state index in [9.17, 15) is 19.4 Å². The first-order valence-electron chi connectivity index (χ1n) is 9.86. The lowest BCUT2D eigenvalue weighted by Gasteiger charge is -2.43. The fourth-order valence-electron chi connectivity index (χ4n) is 4.04. The van der Waals surface area contributed by atoms with Gasteiger partial charge < -0.3 is 15.7 Å². The molecule has 1 unspecified atom stereocenters. The molecule has 1 fully saturated rings. The Morgan fingerprint density at radius 1 is 1.21 bits per heavy atom. The smallest absolute Gasteiger partial charge is 0.320 e. The Morgan fingerprint density at radius 2 is 1.93 bits per heavy atom. The lowest BCUT2D eigenvalue weighted by molar-refractivity contribution is -0.141. The number of unbranched alkanes of at least 4 members (excludes halogenated alkanes) is 1. The number of benzene rings is 1. The minimum Gasteiger partial charge on any atom is -0.480 e. The van der Waals surface area contributed by atoms with E-state index in [1.54, 1.807) is 12.4 Å². The zero-order valence-corrected chi connectivity index (χ0v) is 17.3. The molecule has 2 heterocycles. The van der Waals surface area contributed by atoms with E-state index in [1.165, 1.54) is 0 Å². The number of pyridine rings is 1. The summed E-state index contributed by atoms with van der Waals surface area (Å²) in [6.07, 6.45) is 4.79. The summed E-state index contributed by atoms with van der Waals surface area (Å²) in [7, 11) is -3.83.